The molecule has 0 radical (unpaired) electrons. The van der Waals surface area contributed by atoms with Gasteiger partial charge in [0.2, 0.25) is 5.91 Å². The van der Waals surface area contributed by atoms with Gasteiger partial charge in [-0.2, -0.15) is 5.10 Å². The lowest BCUT2D eigenvalue weighted by molar-refractivity contribution is -0.138. The third-order valence-electron chi connectivity index (χ3n) is 3.72. The number of carboxylic acids is 1. The van der Waals surface area contributed by atoms with Crippen molar-refractivity contribution in [2.75, 3.05) is 6.61 Å². The fourth-order valence-corrected chi connectivity index (χ4v) is 3.21. The summed E-state index contributed by atoms with van der Waals surface area (Å²) in [5.41, 5.74) is 0.994. The van der Waals surface area contributed by atoms with Gasteiger partial charge < -0.3 is 15.2 Å². The molecule has 1 aliphatic heterocycles. The van der Waals surface area contributed by atoms with Gasteiger partial charge in [-0.3, -0.25) is 9.59 Å². The van der Waals surface area contributed by atoms with Crippen molar-refractivity contribution >= 4 is 35.0 Å². The molecule has 1 heterocycles. The molecule has 0 aromatic heterocycles. The Morgan fingerprint density at radius 3 is 2.96 bits per heavy atom. The largest absolute Gasteiger partial charge is 0.481 e. The number of hydrogen-bond acceptors (Lipinski definition) is 6. The molecule has 1 aromatic rings. The first-order valence-corrected chi connectivity index (χ1v) is 9.54. The van der Waals surface area contributed by atoms with Crippen LogP contribution in [0.15, 0.2) is 28.4 Å². The highest BCUT2D eigenvalue weighted by atomic mass is 32.2. The fraction of sp³-hybridized carbons (Fsp3) is 0.444. The number of carbonyl (C=O) groups is 2. The Kier molecular flexibility index (Phi) is 8.41. The number of aliphatic carboxylic acids is 1. The van der Waals surface area contributed by atoms with Crippen LogP contribution in [0.4, 0.5) is 4.39 Å². The van der Waals surface area contributed by atoms with Gasteiger partial charge in [-0.05, 0) is 18.1 Å². The first-order valence-electron chi connectivity index (χ1n) is 8.66. The predicted octanol–water partition coefficient (Wildman–Crippen LogP) is 2.93. The lowest BCUT2D eigenvalue weighted by Gasteiger charge is -2.05. The van der Waals surface area contributed by atoms with Gasteiger partial charge in [-0.25, -0.2) is 4.39 Å². The zero-order chi connectivity index (χ0) is 19.6. The summed E-state index contributed by atoms with van der Waals surface area (Å²) in [5.74, 6) is -1.85. The Morgan fingerprint density at radius 1 is 1.44 bits per heavy atom. The van der Waals surface area contributed by atoms with Crippen LogP contribution < -0.4 is 5.32 Å². The summed E-state index contributed by atoms with van der Waals surface area (Å²) in [6.45, 7) is 2.95. The van der Waals surface area contributed by atoms with Crippen molar-refractivity contribution in [2.24, 2.45) is 10.2 Å². The molecule has 0 spiro atoms. The summed E-state index contributed by atoms with van der Waals surface area (Å²) in [5, 5.41) is 18.4. The van der Waals surface area contributed by atoms with Gasteiger partial charge in [-0.15, -0.1) is 5.10 Å². The molecule has 146 valence electrons. The Bertz CT molecular complexity index is 739. The van der Waals surface area contributed by atoms with E-state index < -0.39 is 17.1 Å². The minimum absolute atomic E-state index is 0.222. The summed E-state index contributed by atoms with van der Waals surface area (Å²) in [6, 6.07) is 4.67. The number of amides is 1. The van der Waals surface area contributed by atoms with Crippen LogP contribution in [0.2, 0.25) is 0 Å². The number of carboxylic acid groups (broad SMARTS) is 1. The van der Waals surface area contributed by atoms with Crippen molar-refractivity contribution < 1.29 is 23.8 Å². The first kappa shape index (κ1) is 21.0. The van der Waals surface area contributed by atoms with Crippen molar-refractivity contribution in [2.45, 2.75) is 44.5 Å². The van der Waals surface area contributed by atoms with E-state index in [1.165, 1.54) is 12.3 Å². The predicted molar refractivity (Wildman–Crippen MR) is 102 cm³/mol. The quantitative estimate of drug-likeness (QED) is 0.360. The van der Waals surface area contributed by atoms with Gasteiger partial charge in [-0.1, -0.05) is 43.7 Å². The number of hydrogen-bond donors (Lipinski definition) is 2. The molecule has 2 N–H and O–H groups in total. The molecule has 1 fully saturated rings. The Hall–Kier alpha value is -2.26. The number of nitrogens with zero attached hydrogens (tertiary/aromatic N) is 2. The molecule has 7 nitrogen and oxygen atoms in total. The first-order chi connectivity index (χ1) is 13.0. The average Bonchev–Trinajstić information content (AvgIpc) is 2.95. The Labute approximate surface area is 161 Å². The number of benzene rings is 1. The Morgan fingerprint density at radius 2 is 2.26 bits per heavy atom. The second-order valence-corrected chi connectivity index (χ2v) is 7.15. The maximum Gasteiger partial charge on any atom is 0.305 e. The molecule has 1 aromatic carbocycles. The molecule has 1 amide bonds. The smallest absolute Gasteiger partial charge is 0.305 e. The molecule has 27 heavy (non-hydrogen) atoms. The van der Waals surface area contributed by atoms with Crippen LogP contribution in [0.1, 0.15) is 43.7 Å². The van der Waals surface area contributed by atoms with Gasteiger partial charge in [0.1, 0.15) is 11.1 Å². The second kappa shape index (κ2) is 10.8. The van der Waals surface area contributed by atoms with Crippen molar-refractivity contribution in [1.29, 1.82) is 0 Å². The van der Waals surface area contributed by atoms with E-state index in [0.717, 1.165) is 31.0 Å². The molecule has 0 aliphatic carbocycles. The maximum atomic E-state index is 14.1. The zero-order valence-corrected chi connectivity index (χ0v) is 15.8. The van der Waals surface area contributed by atoms with Crippen LogP contribution in [0.5, 0.6) is 0 Å². The lowest BCUT2D eigenvalue weighted by Crippen LogP contribution is -2.26. The molecule has 2 rings (SSSR count). The van der Waals surface area contributed by atoms with Crippen LogP contribution in [0.3, 0.4) is 0 Å². The molecule has 0 bridgehead atoms. The Balaban J connectivity index is 1.87. The van der Waals surface area contributed by atoms with E-state index in [1.54, 1.807) is 12.1 Å². The molecular formula is C18H22FN3O4S. The van der Waals surface area contributed by atoms with Crippen molar-refractivity contribution in [3.63, 3.8) is 0 Å². The molecule has 9 heteroatoms. The van der Waals surface area contributed by atoms with Gasteiger partial charge in [0.05, 0.1) is 19.2 Å². The number of nitrogens with one attached hydrogen (secondary N) is 1. The fourth-order valence-electron chi connectivity index (χ4n) is 2.29. The summed E-state index contributed by atoms with van der Waals surface area (Å²) in [4.78, 5) is 22.3. The van der Waals surface area contributed by atoms with Crippen molar-refractivity contribution in [3.8, 4) is 0 Å². The highest BCUT2D eigenvalue weighted by molar-refractivity contribution is 8.15. The number of thioether (sulfide) groups is 1. The number of rotatable bonds is 10. The normalized spacial score (nSPS) is 18.4. The minimum atomic E-state index is -1.06. The maximum absolute atomic E-state index is 14.1. The van der Waals surface area contributed by atoms with E-state index in [0.29, 0.717) is 17.7 Å². The van der Waals surface area contributed by atoms with Gasteiger partial charge in [0, 0.05) is 12.2 Å². The van der Waals surface area contributed by atoms with E-state index in [9.17, 15) is 14.0 Å². The topological polar surface area (TPSA) is 100 Å². The lowest BCUT2D eigenvalue weighted by atomic mass is 10.1. The zero-order valence-electron chi connectivity index (χ0n) is 15.0. The van der Waals surface area contributed by atoms with Crippen LogP contribution in [-0.4, -0.2) is 40.2 Å². The monoisotopic (exact) mass is 395 g/mol. The number of halogens is 1. The molecule has 1 atom stereocenters. The van der Waals surface area contributed by atoms with Crippen LogP contribution >= 0.6 is 11.8 Å². The van der Waals surface area contributed by atoms with Crippen LogP contribution in [-0.2, 0) is 20.9 Å². The molecule has 1 saturated heterocycles. The van der Waals surface area contributed by atoms with Crippen LogP contribution in [0, 0.1) is 5.82 Å². The minimum Gasteiger partial charge on any atom is -0.481 e. The third-order valence-corrected chi connectivity index (χ3v) is 4.79. The van der Waals surface area contributed by atoms with E-state index in [-0.39, 0.29) is 24.0 Å². The van der Waals surface area contributed by atoms with Gasteiger partial charge in [0.25, 0.3) is 0 Å². The van der Waals surface area contributed by atoms with Crippen molar-refractivity contribution in [1.82, 2.24) is 5.32 Å². The second-order valence-electron chi connectivity index (χ2n) is 5.95. The van der Waals surface area contributed by atoms with E-state index in [4.69, 9.17) is 9.84 Å². The molecule has 1 unspecified atom stereocenters. The van der Waals surface area contributed by atoms with E-state index >= 15 is 0 Å². The summed E-state index contributed by atoms with van der Waals surface area (Å²) >= 11 is 1.01. The molecular weight excluding hydrogens is 373 g/mol. The average molecular weight is 395 g/mol. The van der Waals surface area contributed by atoms with E-state index in [2.05, 4.69) is 22.4 Å². The summed E-state index contributed by atoms with van der Waals surface area (Å²) in [6.07, 6.45) is 4.24. The highest BCUT2D eigenvalue weighted by Crippen LogP contribution is 2.22. The standard InChI is InChI=1S/C18H22FN3O4S/c1-2-3-4-7-26-11-13-6-5-12(8-14(13)19)10-20-22-18-21-17(25)15(27-18)9-16(23)24/h5-6,8,10,15H,2-4,7,9,11H2,1H3,(H,23,24)(H,21,22,25). The number of ether oxygens (including phenoxy) is 1. The molecule has 1 aliphatic rings. The number of carbonyl (C=O) groups excluding carboxylic acids is 1. The summed E-state index contributed by atoms with van der Waals surface area (Å²) < 4.78 is 19.5. The van der Waals surface area contributed by atoms with Gasteiger partial charge >= 0.3 is 5.97 Å². The van der Waals surface area contributed by atoms with Gasteiger partial charge in [0.15, 0.2) is 5.17 Å². The molecule has 0 saturated carbocycles. The SMILES string of the molecule is CCCCCOCc1ccc(C=NN=C2NC(=O)C(CC(=O)O)S2)cc1F. The van der Waals surface area contributed by atoms with Crippen molar-refractivity contribution in [3.05, 3.63) is 35.1 Å². The van der Waals surface area contributed by atoms with Crippen LogP contribution in [0.25, 0.3) is 0 Å². The van der Waals surface area contributed by atoms with E-state index in [1.807, 2.05) is 0 Å². The third kappa shape index (κ3) is 7.10. The number of amidine groups is 1. The highest BCUT2D eigenvalue weighted by Gasteiger charge is 2.32. The number of unbranched alkanes of at least 4 members (excludes halogenated alkanes) is 2. The summed E-state index contributed by atoms with van der Waals surface area (Å²) in [7, 11) is 0.